The van der Waals surface area contributed by atoms with Crippen molar-refractivity contribution in [3.8, 4) is 17.2 Å². The highest BCUT2D eigenvalue weighted by molar-refractivity contribution is 7.80. The van der Waals surface area contributed by atoms with Crippen molar-refractivity contribution in [1.82, 2.24) is 5.32 Å². The van der Waals surface area contributed by atoms with Crippen LogP contribution in [0.25, 0.3) is 6.08 Å². The maximum Gasteiger partial charge on any atom is 0.281 e. The standard InChI is InChI=1S/C27H25ClN2O4S/c1-4-33-21-9-7-20(8-10-21)30-26(31)23(29-27(30)35)15-18-6-12-24(32-3)19(14-18)16-34-25-11-5-17(2)13-22(25)28/h5-15H,4,16H2,1-3H3,(H,29,35)/b23-15+. The highest BCUT2D eigenvalue weighted by Gasteiger charge is 2.32. The highest BCUT2D eigenvalue weighted by atomic mass is 35.5. The number of benzene rings is 3. The fraction of sp³-hybridized carbons (Fsp3) is 0.185. The second-order valence-electron chi connectivity index (χ2n) is 7.85. The van der Waals surface area contributed by atoms with Gasteiger partial charge in [-0.15, -0.1) is 0 Å². The summed E-state index contributed by atoms with van der Waals surface area (Å²) < 4.78 is 16.9. The predicted octanol–water partition coefficient (Wildman–Crippen LogP) is 5.90. The van der Waals surface area contributed by atoms with E-state index in [-0.39, 0.29) is 12.5 Å². The molecule has 0 aliphatic carbocycles. The van der Waals surface area contributed by atoms with E-state index in [0.29, 0.717) is 39.6 Å². The average molecular weight is 509 g/mol. The van der Waals surface area contributed by atoms with Gasteiger partial charge in [-0.25, -0.2) is 0 Å². The average Bonchev–Trinajstić information content (AvgIpc) is 3.12. The van der Waals surface area contributed by atoms with E-state index in [4.69, 9.17) is 38.0 Å². The van der Waals surface area contributed by atoms with Crippen molar-refractivity contribution in [2.45, 2.75) is 20.5 Å². The highest BCUT2D eigenvalue weighted by Crippen LogP contribution is 2.29. The molecule has 35 heavy (non-hydrogen) atoms. The van der Waals surface area contributed by atoms with Gasteiger partial charge in [-0.05, 0) is 91.8 Å². The van der Waals surface area contributed by atoms with Crippen LogP contribution in [0.15, 0.2) is 66.4 Å². The summed E-state index contributed by atoms with van der Waals surface area (Å²) in [5.41, 5.74) is 3.71. The third-order valence-corrected chi connectivity index (χ3v) is 5.95. The maximum atomic E-state index is 13.1. The van der Waals surface area contributed by atoms with Gasteiger partial charge < -0.3 is 19.5 Å². The molecule has 0 saturated carbocycles. The number of methoxy groups -OCH3 is 1. The summed E-state index contributed by atoms with van der Waals surface area (Å²) in [6, 6.07) is 18.5. The molecule has 3 aromatic rings. The second kappa shape index (κ2) is 10.8. The van der Waals surface area contributed by atoms with Gasteiger partial charge in [-0.1, -0.05) is 23.7 Å². The largest absolute Gasteiger partial charge is 0.496 e. The van der Waals surface area contributed by atoms with Gasteiger partial charge in [0, 0.05) is 5.56 Å². The van der Waals surface area contributed by atoms with Crippen molar-refractivity contribution < 1.29 is 19.0 Å². The van der Waals surface area contributed by atoms with Crippen molar-refractivity contribution in [2.24, 2.45) is 0 Å². The van der Waals surface area contributed by atoms with Gasteiger partial charge in [-0.2, -0.15) is 0 Å². The molecule has 1 saturated heterocycles. The SMILES string of the molecule is CCOc1ccc(N2C(=O)/C(=C\c3ccc(OC)c(COc4ccc(C)cc4Cl)c3)NC2=S)cc1. The fourth-order valence-electron chi connectivity index (χ4n) is 3.67. The van der Waals surface area contributed by atoms with Gasteiger partial charge in [-0.3, -0.25) is 9.69 Å². The van der Waals surface area contributed by atoms with E-state index in [1.54, 1.807) is 25.3 Å². The third kappa shape index (κ3) is 5.58. The van der Waals surface area contributed by atoms with E-state index >= 15 is 0 Å². The number of ether oxygens (including phenoxy) is 3. The molecule has 6 nitrogen and oxygen atoms in total. The molecule has 0 aromatic heterocycles. The first kappa shape index (κ1) is 24.6. The van der Waals surface area contributed by atoms with Crippen LogP contribution in [0.1, 0.15) is 23.6 Å². The molecule has 0 bridgehead atoms. The fourth-order valence-corrected chi connectivity index (χ4v) is 4.26. The molecular weight excluding hydrogens is 484 g/mol. The minimum absolute atomic E-state index is 0.237. The van der Waals surface area contributed by atoms with Gasteiger partial charge in [0.05, 0.1) is 24.4 Å². The Morgan fingerprint density at radius 3 is 2.46 bits per heavy atom. The number of rotatable bonds is 8. The second-order valence-corrected chi connectivity index (χ2v) is 8.64. The Hall–Kier alpha value is -3.55. The lowest BCUT2D eigenvalue weighted by Gasteiger charge is -2.14. The molecule has 3 aromatic carbocycles. The number of nitrogens with zero attached hydrogens (tertiary/aromatic N) is 1. The lowest BCUT2D eigenvalue weighted by atomic mass is 10.1. The Morgan fingerprint density at radius 1 is 1.03 bits per heavy atom. The molecule has 0 spiro atoms. The first-order chi connectivity index (χ1) is 16.9. The Kier molecular flexibility index (Phi) is 7.58. The first-order valence-corrected chi connectivity index (χ1v) is 11.8. The number of aryl methyl sites for hydroxylation is 1. The maximum absolute atomic E-state index is 13.1. The number of hydrogen-bond acceptors (Lipinski definition) is 5. The molecule has 8 heteroatoms. The minimum atomic E-state index is -0.237. The summed E-state index contributed by atoms with van der Waals surface area (Å²) in [7, 11) is 1.60. The Bertz CT molecular complexity index is 1290. The molecule has 1 N–H and O–H groups in total. The van der Waals surface area contributed by atoms with Crippen LogP contribution >= 0.6 is 23.8 Å². The first-order valence-electron chi connectivity index (χ1n) is 11.1. The molecule has 4 rings (SSSR count). The monoisotopic (exact) mass is 508 g/mol. The van der Waals surface area contributed by atoms with Crippen LogP contribution in [-0.4, -0.2) is 24.7 Å². The van der Waals surface area contributed by atoms with Crippen molar-refractivity contribution in [1.29, 1.82) is 0 Å². The molecule has 0 atom stereocenters. The molecule has 1 heterocycles. The van der Waals surface area contributed by atoms with Crippen molar-refractivity contribution in [2.75, 3.05) is 18.6 Å². The molecule has 180 valence electrons. The summed E-state index contributed by atoms with van der Waals surface area (Å²) in [4.78, 5) is 14.6. The minimum Gasteiger partial charge on any atom is -0.496 e. The van der Waals surface area contributed by atoms with Gasteiger partial charge in [0.1, 0.15) is 29.6 Å². The van der Waals surface area contributed by atoms with Crippen LogP contribution in [0.2, 0.25) is 5.02 Å². The smallest absolute Gasteiger partial charge is 0.281 e. The lowest BCUT2D eigenvalue weighted by Crippen LogP contribution is -2.30. The van der Waals surface area contributed by atoms with Gasteiger partial charge >= 0.3 is 0 Å². The summed E-state index contributed by atoms with van der Waals surface area (Å²) in [5.74, 6) is 1.76. The van der Waals surface area contributed by atoms with Crippen LogP contribution < -0.4 is 24.4 Å². The van der Waals surface area contributed by atoms with Crippen LogP contribution in [0.3, 0.4) is 0 Å². The molecule has 1 aliphatic rings. The number of thiocarbonyl (C=S) groups is 1. The summed E-state index contributed by atoms with van der Waals surface area (Å²) >= 11 is 11.7. The zero-order valence-corrected chi connectivity index (χ0v) is 21.2. The van der Waals surface area contributed by atoms with Crippen molar-refractivity contribution in [3.63, 3.8) is 0 Å². The zero-order valence-electron chi connectivity index (χ0n) is 19.6. The van der Waals surface area contributed by atoms with E-state index in [1.807, 2.05) is 62.4 Å². The molecular formula is C27H25ClN2O4S. The van der Waals surface area contributed by atoms with E-state index in [0.717, 1.165) is 22.4 Å². The number of carbonyl (C=O) groups excluding carboxylic acids is 1. The quantitative estimate of drug-likeness (QED) is 0.302. The molecule has 0 radical (unpaired) electrons. The zero-order chi connectivity index (χ0) is 24.9. The van der Waals surface area contributed by atoms with Crippen molar-refractivity contribution in [3.05, 3.63) is 88.1 Å². The number of anilines is 1. The molecule has 1 fully saturated rings. The van der Waals surface area contributed by atoms with Crippen LogP contribution in [0, 0.1) is 6.92 Å². The summed E-state index contributed by atoms with van der Waals surface area (Å²) in [5, 5.41) is 3.88. The number of hydrogen-bond donors (Lipinski definition) is 1. The van der Waals surface area contributed by atoms with Gasteiger partial charge in [0.25, 0.3) is 5.91 Å². The normalized spacial score (nSPS) is 14.3. The van der Waals surface area contributed by atoms with E-state index in [9.17, 15) is 4.79 Å². The number of halogens is 1. The number of amides is 1. The molecule has 1 aliphatic heterocycles. The van der Waals surface area contributed by atoms with Gasteiger partial charge in [0.15, 0.2) is 5.11 Å². The van der Waals surface area contributed by atoms with Crippen molar-refractivity contribution >= 4 is 46.6 Å². The Morgan fingerprint density at radius 2 is 1.77 bits per heavy atom. The molecule has 0 unspecified atom stereocenters. The van der Waals surface area contributed by atoms with Crippen LogP contribution in [0.4, 0.5) is 5.69 Å². The number of nitrogens with one attached hydrogen (secondary N) is 1. The Labute approximate surface area is 215 Å². The van der Waals surface area contributed by atoms with Gasteiger partial charge in [0.2, 0.25) is 0 Å². The predicted molar refractivity (Wildman–Crippen MR) is 142 cm³/mol. The van der Waals surface area contributed by atoms with E-state index in [1.165, 1.54) is 4.90 Å². The topological polar surface area (TPSA) is 60.0 Å². The lowest BCUT2D eigenvalue weighted by molar-refractivity contribution is -0.113. The third-order valence-electron chi connectivity index (χ3n) is 5.37. The summed E-state index contributed by atoms with van der Waals surface area (Å²) in [6.07, 6.45) is 1.75. The van der Waals surface area contributed by atoms with Crippen LogP contribution in [-0.2, 0) is 11.4 Å². The van der Waals surface area contributed by atoms with E-state index in [2.05, 4.69) is 5.32 Å². The van der Waals surface area contributed by atoms with E-state index < -0.39 is 0 Å². The molecule has 1 amide bonds. The van der Waals surface area contributed by atoms with Crippen LogP contribution in [0.5, 0.6) is 17.2 Å². The summed E-state index contributed by atoms with van der Waals surface area (Å²) in [6.45, 7) is 4.71. The number of carbonyl (C=O) groups is 1. The Balaban J connectivity index is 1.54.